The Morgan fingerprint density at radius 1 is 1.45 bits per heavy atom. The van der Waals surface area contributed by atoms with Gasteiger partial charge in [0.25, 0.3) is 5.91 Å². The quantitative estimate of drug-likeness (QED) is 0.793. The number of ether oxygens (including phenoxy) is 2. The third kappa shape index (κ3) is 3.61. The van der Waals surface area contributed by atoms with Crippen molar-refractivity contribution < 1.29 is 14.3 Å². The molecule has 1 aromatic carbocycles. The fourth-order valence-corrected chi connectivity index (χ4v) is 2.40. The second-order valence-electron chi connectivity index (χ2n) is 5.09. The molecule has 0 bridgehead atoms. The van der Waals surface area contributed by atoms with E-state index < -0.39 is 0 Å². The van der Waals surface area contributed by atoms with E-state index in [1.54, 1.807) is 12.1 Å². The number of hydrogen-bond donors (Lipinski definition) is 0. The van der Waals surface area contributed by atoms with Crippen LogP contribution >= 0.6 is 0 Å². The lowest BCUT2D eigenvalue weighted by Crippen LogP contribution is -2.48. The van der Waals surface area contributed by atoms with E-state index in [9.17, 15) is 4.79 Å². The molecule has 0 aromatic heterocycles. The SMILES string of the molecule is C=CCOc1cccc(C(=O)N2C[C@@H](C)O[C@H](C)C2)c1. The third-order valence-corrected chi connectivity index (χ3v) is 3.16. The lowest BCUT2D eigenvalue weighted by atomic mass is 10.1. The summed E-state index contributed by atoms with van der Waals surface area (Å²) in [7, 11) is 0. The number of carbonyl (C=O) groups excluding carboxylic acids is 1. The molecule has 20 heavy (non-hydrogen) atoms. The van der Waals surface area contributed by atoms with Gasteiger partial charge in [0.2, 0.25) is 0 Å². The summed E-state index contributed by atoms with van der Waals surface area (Å²) in [5.41, 5.74) is 0.646. The van der Waals surface area contributed by atoms with Gasteiger partial charge in [0, 0.05) is 18.7 Å². The van der Waals surface area contributed by atoms with Gasteiger partial charge < -0.3 is 14.4 Å². The number of carbonyl (C=O) groups is 1. The first-order chi connectivity index (χ1) is 9.60. The van der Waals surface area contributed by atoms with Gasteiger partial charge in [-0.2, -0.15) is 0 Å². The van der Waals surface area contributed by atoms with Gasteiger partial charge in [0.15, 0.2) is 0 Å². The molecule has 1 saturated heterocycles. The molecule has 1 heterocycles. The summed E-state index contributed by atoms with van der Waals surface area (Å²) in [4.78, 5) is 14.4. The molecular formula is C16H21NO3. The van der Waals surface area contributed by atoms with Gasteiger partial charge in [-0.3, -0.25) is 4.79 Å². The lowest BCUT2D eigenvalue weighted by molar-refractivity contribution is -0.0586. The zero-order valence-corrected chi connectivity index (χ0v) is 12.0. The summed E-state index contributed by atoms with van der Waals surface area (Å²) in [6, 6.07) is 7.26. The van der Waals surface area contributed by atoms with Gasteiger partial charge in [-0.15, -0.1) is 0 Å². The molecule has 0 aliphatic carbocycles. The summed E-state index contributed by atoms with van der Waals surface area (Å²) in [6.07, 6.45) is 1.82. The number of amides is 1. The number of benzene rings is 1. The zero-order chi connectivity index (χ0) is 14.5. The molecule has 108 valence electrons. The largest absolute Gasteiger partial charge is 0.490 e. The predicted octanol–water partition coefficient (Wildman–Crippen LogP) is 2.50. The molecular weight excluding hydrogens is 254 g/mol. The van der Waals surface area contributed by atoms with Gasteiger partial charge in [-0.1, -0.05) is 18.7 Å². The van der Waals surface area contributed by atoms with Crippen LogP contribution in [-0.2, 0) is 4.74 Å². The molecule has 2 rings (SSSR count). The summed E-state index contributed by atoms with van der Waals surface area (Å²) >= 11 is 0. The van der Waals surface area contributed by atoms with Crippen molar-refractivity contribution in [3.63, 3.8) is 0 Å². The van der Waals surface area contributed by atoms with Gasteiger partial charge >= 0.3 is 0 Å². The minimum atomic E-state index is 0.0241. The Morgan fingerprint density at radius 2 is 2.15 bits per heavy atom. The van der Waals surface area contributed by atoms with Crippen LogP contribution in [-0.4, -0.2) is 42.7 Å². The zero-order valence-electron chi connectivity index (χ0n) is 12.0. The molecule has 4 nitrogen and oxygen atoms in total. The van der Waals surface area contributed by atoms with Crippen molar-refractivity contribution in [3.8, 4) is 5.75 Å². The minimum Gasteiger partial charge on any atom is -0.490 e. The Kier molecular flexibility index (Phi) is 4.79. The Labute approximate surface area is 120 Å². The topological polar surface area (TPSA) is 38.8 Å². The molecule has 0 spiro atoms. The van der Waals surface area contributed by atoms with Crippen molar-refractivity contribution in [2.75, 3.05) is 19.7 Å². The first kappa shape index (κ1) is 14.6. The van der Waals surface area contributed by atoms with Crippen LogP contribution in [0.15, 0.2) is 36.9 Å². The smallest absolute Gasteiger partial charge is 0.254 e. The first-order valence-corrected chi connectivity index (χ1v) is 6.88. The second kappa shape index (κ2) is 6.57. The average Bonchev–Trinajstić information content (AvgIpc) is 2.43. The Morgan fingerprint density at radius 3 is 2.80 bits per heavy atom. The van der Waals surface area contributed by atoms with E-state index in [0.29, 0.717) is 31.0 Å². The molecule has 1 aliphatic heterocycles. The van der Waals surface area contributed by atoms with Gasteiger partial charge in [0.1, 0.15) is 12.4 Å². The first-order valence-electron chi connectivity index (χ1n) is 6.88. The molecule has 1 aliphatic rings. The molecule has 0 saturated carbocycles. The van der Waals surface area contributed by atoms with Gasteiger partial charge in [0.05, 0.1) is 12.2 Å². The van der Waals surface area contributed by atoms with E-state index in [1.807, 2.05) is 36.9 Å². The maximum Gasteiger partial charge on any atom is 0.254 e. The Bertz CT molecular complexity index is 476. The van der Waals surface area contributed by atoms with Crippen molar-refractivity contribution in [3.05, 3.63) is 42.5 Å². The normalized spacial score (nSPS) is 22.4. The van der Waals surface area contributed by atoms with Crippen LogP contribution in [0.25, 0.3) is 0 Å². The highest BCUT2D eigenvalue weighted by molar-refractivity contribution is 5.94. The van der Waals surface area contributed by atoms with Crippen LogP contribution in [0, 0.1) is 0 Å². The van der Waals surface area contributed by atoms with Crippen LogP contribution < -0.4 is 4.74 Å². The molecule has 2 atom stereocenters. The van der Waals surface area contributed by atoms with E-state index in [-0.39, 0.29) is 18.1 Å². The van der Waals surface area contributed by atoms with Crippen LogP contribution in [0.3, 0.4) is 0 Å². The van der Waals surface area contributed by atoms with Crippen molar-refractivity contribution >= 4 is 5.91 Å². The number of nitrogens with zero attached hydrogens (tertiary/aromatic N) is 1. The highest BCUT2D eigenvalue weighted by Gasteiger charge is 2.26. The molecule has 1 aromatic rings. The fraction of sp³-hybridized carbons (Fsp3) is 0.438. The van der Waals surface area contributed by atoms with E-state index >= 15 is 0 Å². The average molecular weight is 275 g/mol. The summed E-state index contributed by atoms with van der Waals surface area (Å²) in [5, 5.41) is 0. The van der Waals surface area contributed by atoms with Crippen LogP contribution in [0.5, 0.6) is 5.75 Å². The van der Waals surface area contributed by atoms with E-state index in [4.69, 9.17) is 9.47 Å². The fourth-order valence-electron chi connectivity index (χ4n) is 2.40. The third-order valence-electron chi connectivity index (χ3n) is 3.16. The number of hydrogen-bond acceptors (Lipinski definition) is 3. The number of morpholine rings is 1. The maximum absolute atomic E-state index is 12.5. The molecule has 0 N–H and O–H groups in total. The van der Waals surface area contributed by atoms with E-state index in [1.165, 1.54) is 0 Å². The van der Waals surface area contributed by atoms with E-state index in [0.717, 1.165) is 0 Å². The van der Waals surface area contributed by atoms with Crippen molar-refractivity contribution in [2.45, 2.75) is 26.1 Å². The lowest BCUT2D eigenvalue weighted by Gasteiger charge is -2.35. The van der Waals surface area contributed by atoms with Crippen molar-refractivity contribution in [2.24, 2.45) is 0 Å². The molecule has 1 amide bonds. The van der Waals surface area contributed by atoms with Crippen LogP contribution in [0.2, 0.25) is 0 Å². The minimum absolute atomic E-state index is 0.0241. The molecule has 1 fully saturated rings. The van der Waals surface area contributed by atoms with Gasteiger partial charge in [-0.05, 0) is 32.0 Å². The highest BCUT2D eigenvalue weighted by Crippen LogP contribution is 2.18. The molecule has 0 radical (unpaired) electrons. The Balaban J connectivity index is 2.10. The summed E-state index contributed by atoms with van der Waals surface area (Å²) < 4.78 is 11.1. The van der Waals surface area contributed by atoms with Crippen LogP contribution in [0.4, 0.5) is 0 Å². The predicted molar refractivity (Wildman–Crippen MR) is 78.0 cm³/mol. The molecule has 4 heteroatoms. The standard InChI is InChI=1S/C16H21NO3/c1-4-8-19-15-7-5-6-14(9-15)16(18)17-10-12(2)20-13(3)11-17/h4-7,9,12-13H,1,8,10-11H2,2-3H3/t12-,13-/m1/s1. The van der Waals surface area contributed by atoms with Gasteiger partial charge in [-0.25, -0.2) is 0 Å². The van der Waals surface area contributed by atoms with Crippen molar-refractivity contribution in [1.29, 1.82) is 0 Å². The van der Waals surface area contributed by atoms with Crippen LogP contribution in [0.1, 0.15) is 24.2 Å². The highest BCUT2D eigenvalue weighted by atomic mass is 16.5. The molecule has 0 unspecified atom stereocenters. The Hall–Kier alpha value is -1.81. The van der Waals surface area contributed by atoms with Crippen molar-refractivity contribution in [1.82, 2.24) is 4.90 Å². The maximum atomic E-state index is 12.5. The summed E-state index contributed by atoms with van der Waals surface area (Å²) in [6.45, 7) is 9.27. The second-order valence-corrected chi connectivity index (χ2v) is 5.09. The monoisotopic (exact) mass is 275 g/mol. The van der Waals surface area contributed by atoms with E-state index in [2.05, 4.69) is 6.58 Å². The summed E-state index contributed by atoms with van der Waals surface area (Å²) in [5.74, 6) is 0.709. The number of rotatable bonds is 4.